The summed E-state index contributed by atoms with van der Waals surface area (Å²) in [6.45, 7) is 0.304. The lowest BCUT2D eigenvalue weighted by atomic mass is 9.67. The first-order valence-electron chi connectivity index (χ1n) is 4.71. The predicted molar refractivity (Wildman–Crippen MR) is 57.8 cm³/mol. The fourth-order valence-corrected chi connectivity index (χ4v) is 2.00. The molecule has 4 nitrogen and oxygen atoms in total. The van der Waals surface area contributed by atoms with E-state index in [1.54, 1.807) is 7.05 Å². The van der Waals surface area contributed by atoms with Gasteiger partial charge in [0.15, 0.2) is 0 Å². The summed E-state index contributed by atoms with van der Waals surface area (Å²) < 4.78 is 0. The number of aliphatic hydroxyl groups is 1. The lowest BCUT2D eigenvalue weighted by Gasteiger charge is -2.41. The summed E-state index contributed by atoms with van der Waals surface area (Å²) >= 11 is 4.93. The Morgan fingerprint density at radius 1 is 1.64 bits per heavy atom. The van der Waals surface area contributed by atoms with Crippen LogP contribution in [0.1, 0.15) is 19.3 Å². The Labute approximate surface area is 89.1 Å². The Bertz CT molecular complexity index is 251. The highest BCUT2D eigenvalue weighted by Crippen LogP contribution is 2.42. The number of rotatable bonds is 4. The van der Waals surface area contributed by atoms with E-state index in [1.807, 2.05) is 0 Å². The minimum absolute atomic E-state index is 0.0321. The zero-order valence-electron chi connectivity index (χ0n) is 8.32. The second-order valence-electron chi connectivity index (χ2n) is 3.75. The molecular formula is C9H16N2O2S. The topological polar surface area (TPSA) is 66.6 Å². The average molecular weight is 216 g/mol. The quantitative estimate of drug-likeness (QED) is 0.644. The van der Waals surface area contributed by atoms with Gasteiger partial charge in [-0.15, -0.1) is 0 Å². The Morgan fingerprint density at radius 2 is 2.21 bits per heavy atom. The van der Waals surface area contributed by atoms with Gasteiger partial charge in [-0.3, -0.25) is 4.79 Å². The number of hydrogen-bond donors (Lipinski definition) is 2. The van der Waals surface area contributed by atoms with Gasteiger partial charge in [0.05, 0.1) is 17.0 Å². The molecule has 0 unspecified atom stereocenters. The third-order valence-electron chi connectivity index (χ3n) is 2.87. The van der Waals surface area contributed by atoms with Gasteiger partial charge in [-0.1, -0.05) is 18.6 Å². The number of likely N-dealkylation sites (N-methyl/N-ethyl adjacent to an activating group) is 1. The van der Waals surface area contributed by atoms with Gasteiger partial charge in [0.1, 0.15) is 0 Å². The smallest absolute Gasteiger partial charge is 0.235 e. The van der Waals surface area contributed by atoms with Crippen molar-refractivity contribution in [1.29, 1.82) is 0 Å². The Balaban J connectivity index is 2.70. The minimum atomic E-state index is -0.612. The molecule has 0 aromatic heterocycles. The van der Waals surface area contributed by atoms with Crippen molar-refractivity contribution in [3.63, 3.8) is 0 Å². The third-order valence-corrected chi connectivity index (χ3v) is 3.26. The molecule has 5 heteroatoms. The molecule has 0 bridgehead atoms. The van der Waals surface area contributed by atoms with Gasteiger partial charge in [-0.2, -0.15) is 0 Å². The van der Waals surface area contributed by atoms with Crippen LogP contribution in [-0.2, 0) is 4.79 Å². The molecule has 1 fully saturated rings. The summed E-state index contributed by atoms with van der Waals surface area (Å²) in [5.41, 5.74) is 4.98. The molecule has 0 atom stereocenters. The van der Waals surface area contributed by atoms with Crippen LogP contribution in [0.15, 0.2) is 0 Å². The average Bonchev–Trinajstić information content (AvgIpc) is 2.01. The summed E-state index contributed by atoms with van der Waals surface area (Å²) in [5, 5.41) is 8.72. The van der Waals surface area contributed by atoms with E-state index >= 15 is 0 Å². The Morgan fingerprint density at radius 3 is 2.50 bits per heavy atom. The van der Waals surface area contributed by atoms with E-state index in [0.29, 0.717) is 11.5 Å². The van der Waals surface area contributed by atoms with E-state index in [0.717, 1.165) is 19.3 Å². The minimum Gasteiger partial charge on any atom is -0.395 e. The van der Waals surface area contributed by atoms with E-state index < -0.39 is 5.41 Å². The first-order valence-corrected chi connectivity index (χ1v) is 5.12. The molecule has 3 N–H and O–H groups in total. The number of thiocarbonyl (C=S) groups is 1. The predicted octanol–water partition coefficient (Wildman–Crippen LogP) is -0.107. The van der Waals surface area contributed by atoms with Crippen LogP contribution in [0, 0.1) is 5.41 Å². The van der Waals surface area contributed by atoms with Crippen molar-refractivity contribution in [1.82, 2.24) is 4.90 Å². The number of amides is 1. The highest BCUT2D eigenvalue weighted by Gasteiger charge is 2.48. The second kappa shape index (κ2) is 4.23. The van der Waals surface area contributed by atoms with Crippen LogP contribution in [0.4, 0.5) is 0 Å². The van der Waals surface area contributed by atoms with Gasteiger partial charge in [-0.05, 0) is 12.8 Å². The van der Waals surface area contributed by atoms with Crippen molar-refractivity contribution in [3.05, 3.63) is 0 Å². The zero-order valence-corrected chi connectivity index (χ0v) is 9.14. The van der Waals surface area contributed by atoms with Crippen LogP contribution < -0.4 is 5.73 Å². The van der Waals surface area contributed by atoms with Gasteiger partial charge < -0.3 is 15.7 Å². The highest BCUT2D eigenvalue weighted by molar-refractivity contribution is 7.80. The van der Waals surface area contributed by atoms with E-state index in [1.165, 1.54) is 4.90 Å². The van der Waals surface area contributed by atoms with E-state index in [9.17, 15) is 4.79 Å². The van der Waals surface area contributed by atoms with Crippen LogP contribution in [0.2, 0.25) is 0 Å². The first-order chi connectivity index (χ1) is 6.54. The zero-order chi connectivity index (χ0) is 10.8. The van der Waals surface area contributed by atoms with Gasteiger partial charge in [0, 0.05) is 13.6 Å². The SMILES string of the molecule is CN(CCO)C(=O)C1(C(N)=S)CCC1. The number of nitrogens with two attached hydrogens (primary N) is 1. The summed E-state index contributed by atoms with van der Waals surface area (Å²) in [5.74, 6) is -0.0506. The fraction of sp³-hybridized carbons (Fsp3) is 0.778. The van der Waals surface area contributed by atoms with E-state index in [-0.39, 0.29) is 12.5 Å². The van der Waals surface area contributed by atoms with E-state index in [2.05, 4.69) is 0 Å². The van der Waals surface area contributed by atoms with Gasteiger partial charge >= 0.3 is 0 Å². The fourth-order valence-electron chi connectivity index (χ4n) is 1.71. The highest BCUT2D eigenvalue weighted by atomic mass is 32.1. The number of carbonyl (C=O) groups is 1. The molecule has 0 spiro atoms. The van der Waals surface area contributed by atoms with E-state index in [4.69, 9.17) is 23.1 Å². The molecule has 1 rings (SSSR count). The number of carbonyl (C=O) groups excluding carboxylic acids is 1. The lowest BCUT2D eigenvalue weighted by Crippen LogP contribution is -2.53. The molecule has 0 aromatic carbocycles. The molecule has 0 heterocycles. The number of aliphatic hydroxyl groups excluding tert-OH is 1. The summed E-state index contributed by atoms with van der Waals surface area (Å²) in [6.07, 6.45) is 2.49. The number of hydrogen-bond acceptors (Lipinski definition) is 3. The standard InChI is InChI=1S/C9H16N2O2S/c1-11(5-6-12)8(13)9(7(10)14)3-2-4-9/h12H,2-6H2,1H3,(H2,10,14). The van der Waals surface area contributed by atoms with Gasteiger partial charge in [0.2, 0.25) is 5.91 Å². The molecule has 0 saturated heterocycles. The van der Waals surface area contributed by atoms with Crippen molar-refractivity contribution in [2.75, 3.05) is 20.2 Å². The first kappa shape index (κ1) is 11.4. The normalized spacial score (nSPS) is 18.4. The maximum atomic E-state index is 11.9. The summed E-state index contributed by atoms with van der Waals surface area (Å²) in [7, 11) is 1.66. The molecule has 0 aromatic rings. The summed E-state index contributed by atoms with van der Waals surface area (Å²) in [4.78, 5) is 13.7. The molecule has 1 amide bonds. The Hall–Kier alpha value is -0.680. The van der Waals surface area contributed by atoms with Gasteiger partial charge in [0.25, 0.3) is 0 Å². The largest absolute Gasteiger partial charge is 0.395 e. The van der Waals surface area contributed by atoms with Crippen molar-refractivity contribution >= 4 is 23.1 Å². The number of nitrogens with zero attached hydrogens (tertiary/aromatic N) is 1. The van der Waals surface area contributed by atoms with Crippen molar-refractivity contribution in [3.8, 4) is 0 Å². The summed E-state index contributed by atoms with van der Waals surface area (Å²) in [6, 6.07) is 0. The van der Waals surface area contributed by atoms with Gasteiger partial charge in [-0.25, -0.2) is 0 Å². The maximum Gasteiger partial charge on any atom is 0.235 e. The lowest BCUT2D eigenvalue weighted by molar-refractivity contribution is -0.141. The Kier molecular flexibility index (Phi) is 3.44. The van der Waals surface area contributed by atoms with Crippen molar-refractivity contribution in [2.45, 2.75) is 19.3 Å². The van der Waals surface area contributed by atoms with Crippen molar-refractivity contribution < 1.29 is 9.90 Å². The molecule has 0 aliphatic heterocycles. The molecule has 1 aliphatic rings. The molecule has 1 saturated carbocycles. The third kappa shape index (κ3) is 1.74. The van der Waals surface area contributed by atoms with Crippen LogP contribution in [0.5, 0.6) is 0 Å². The molecule has 0 radical (unpaired) electrons. The van der Waals surface area contributed by atoms with Crippen LogP contribution in [-0.4, -0.2) is 41.1 Å². The molecular weight excluding hydrogens is 200 g/mol. The maximum absolute atomic E-state index is 11.9. The molecule has 80 valence electrons. The van der Waals surface area contributed by atoms with Crippen LogP contribution in [0.25, 0.3) is 0 Å². The van der Waals surface area contributed by atoms with Crippen molar-refractivity contribution in [2.24, 2.45) is 11.1 Å². The second-order valence-corrected chi connectivity index (χ2v) is 4.19. The monoisotopic (exact) mass is 216 g/mol. The molecule has 1 aliphatic carbocycles. The van der Waals surface area contributed by atoms with Crippen LogP contribution >= 0.6 is 12.2 Å². The van der Waals surface area contributed by atoms with Crippen LogP contribution in [0.3, 0.4) is 0 Å². The molecule has 14 heavy (non-hydrogen) atoms.